The largest absolute Gasteiger partial charge is 0.493 e. The predicted octanol–water partition coefficient (Wildman–Crippen LogP) is 0.842. The zero-order chi connectivity index (χ0) is 12.8. The second-order valence-corrected chi connectivity index (χ2v) is 3.60. The Balaban J connectivity index is 3.24. The lowest BCUT2D eigenvalue weighted by Crippen LogP contribution is -2.12. The van der Waals surface area contributed by atoms with Gasteiger partial charge in [-0.1, -0.05) is 0 Å². The smallest absolute Gasteiger partial charge is 0.166 e. The number of benzene rings is 1. The van der Waals surface area contributed by atoms with E-state index in [2.05, 4.69) is 0 Å². The topological polar surface area (TPSA) is 73.9 Å². The molecule has 0 aliphatic carbocycles. The summed E-state index contributed by atoms with van der Waals surface area (Å²) in [5, 5.41) is 9.74. The third-order valence-electron chi connectivity index (χ3n) is 2.49. The van der Waals surface area contributed by atoms with E-state index >= 15 is 0 Å². The SMILES string of the molecule is COCc1cc(C(O)CN)cc(OC)c1OC. The van der Waals surface area contributed by atoms with Gasteiger partial charge in [-0.25, -0.2) is 0 Å². The Morgan fingerprint density at radius 2 is 1.94 bits per heavy atom. The van der Waals surface area contributed by atoms with Crippen molar-refractivity contribution in [3.63, 3.8) is 0 Å². The number of methoxy groups -OCH3 is 3. The molecule has 1 aromatic rings. The highest BCUT2D eigenvalue weighted by Gasteiger charge is 2.15. The van der Waals surface area contributed by atoms with Gasteiger partial charge in [0.1, 0.15) is 0 Å². The van der Waals surface area contributed by atoms with E-state index in [1.807, 2.05) is 6.07 Å². The van der Waals surface area contributed by atoms with Crippen molar-refractivity contribution in [2.75, 3.05) is 27.9 Å². The lowest BCUT2D eigenvalue weighted by molar-refractivity contribution is 0.176. The van der Waals surface area contributed by atoms with Gasteiger partial charge in [0.25, 0.3) is 0 Å². The number of hydrogen-bond acceptors (Lipinski definition) is 5. The third-order valence-corrected chi connectivity index (χ3v) is 2.49. The van der Waals surface area contributed by atoms with Gasteiger partial charge in [-0.05, 0) is 17.7 Å². The minimum Gasteiger partial charge on any atom is -0.493 e. The highest BCUT2D eigenvalue weighted by Crippen LogP contribution is 2.34. The van der Waals surface area contributed by atoms with E-state index in [0.29, 0.717) is 23.7 Å². The highest BCUT2D eigenvalue weighted by molar-refractivity contribution is 5.49. The van der Waals surface area contributed by atoms with E-state index in [4.69, 9.17) is 19.9 Å². The summed E-state index contributed by atoms with van der Waals surface area (Å²) in [4.78, 5) is 0. The Bertz CT molecular complexity index is 368. The van der Waals surface area contributed by atoms with E-state index < -0.39 is 6.10 Å². The second-order valence-electron chi connectivity index (χ2n) is 3.60. The molecule has 0 fully saturated rings. The van der Waals surface area contributed by atoms with Crippen molar-refractivity contribution in [3.8, 4) is 11.5 Å². The monoisotopic (exact) mass is 241 g/mol. The van der Waals surface area contributed by atoms with E-state index in [-0.39, 0.29) is 6.54 Å². The molecule has 0 aliphatic heterocycles. The van der Waals surface area contributed by atoms with Gasteiger partial charge < -0.3 is 25.1 Å². The summed E-state index contributed by atoms with van der Waals surface area (Å²) in [6, 6.07) is 3.53. The molecule has 5 nitrogen and oxygen atoms in total. The molecule has 1 unspecified atom stereocenters. The van der Waals surface area contributed by atoms with Crippen LogP contribution in [0.15, 0.2) is 12.1 Å². The summed E-state index contributed by atoms with van der Waals surface area (Å²) in [7, 11) is 4.71. The van der Waals surface area contributed by atoms with E-state index in [1.165, 1.54) is 0 Å². The Morgan fingerprint density at radius 1 is 1.24 bits per heavy atom. The van der Waals surface area contributed by atoms with Crippen molar-refractivity contribution in [1.82, 2.24) is 0 Å². The van der Waals surface area contributed by atoms with Crippen LogP contribution in [0.3, 0.4) is 0 Å². The molecule has 0 amide bonds. The van der Waals surface area contributed by atoms with Crippen LogP contribution in [-0.2, 0) is 11.3 Å². The van der Waals surface area contributed by atoms with Gasteiger partial charge in [-0.2, -0.15) is 0 Å². The van der Waals surface area contributed by atoms with E-state index in [1.54, 1.807) is 27.4 Å². The summed E-state index contributed by atoms with van der Waals surface area (Å²) in [5.74, 6) is 1.17. The molecular weight excluding hydrogens is 222 g/mol. The molecular formula is C12H19NO4. The summed E-state index contributed by atoms with van der Waals surface area (Å²) in [6.45, 7) is 0.534. The van der Waals surface area contributed by atoms with Crippen LogP contribution in [0.4, 0.5) is 0 Å². The first-order chi connectivity index (χ1) is 8.17. The zero-order valence-corrected chi connectivity index (χ0v) is 10.4. The summed E-state index contributed by atoms with van der Waals surface area (Å²) in [6.07, 6.45) is -0.717. The maximum atomic E-state index is 9.74. The molecule has 1 atom stereocenters. The van der Waals surface area contributed by atoms with Gasteiger partial charge in [-0.15, -0.1) is 0 Å². The first-order valence-electron chi connectivity index (χ1n) is 5.29. The first kappa shape index (κ1) is 13.8. The number of aliphatic hydroxyl groups is 1. The molecule has 0 aromatic heterocycles. The van der Waals surface area contributed by atoms with Crippen LogP contribution in [0.5, 0.6) is 11.5 Å². The van der Waals surface area contributed by atoms with Crippen LogP contribution in [0.25, 0.3) is 0 Å². The van der Waals surface area contributed by atoms with Crippen molar-refractivity contribution in [3.05, 3.63) is 23.3 Å². The summed E-state index contributed by atoms with van der Waals surface area (Å²) < 4.78 is 15.6. The fourth-order valence-electron chi connectivity index (χ4n) is 1.66. The summed E-state index contributed by atoms with van der Waals surface area (Å²) in [5.41, 5.74) is 6.95. The average Bonchev–Trinajstić information content (AvgIpc) is 2.37. The molecule has 17 heavy (non-hydrogen) atoms. The van der Waals surface area contributed by atoms with Crippen LogP contribution < -0.4 is 15.2 Å². The first-order valence-corrected chi connectivity index (χ1v) is 5.29. The van der Waals surface area contributed by atoms with Crippen LogP contribution in [-0.4, -0.2) is 33.0 Å². The van der Waals surface area contributed by atoms with Gasteiger partial charge in [0.15, 0.2) is 11.5 Å². The van der Waals surface area contributed by atoms with Crippen molar-refractivity contribution >= 4 is 0 Å². The quantitative estimate of drug-likeness (QED) is 0.772. The predicted molar refractivity (Wildman–Crippen MR) is 64.3 cm³/mol. The molecule has 3 N–H and O–H groups in total. The second kappa shape index (κ2) is 6.44. The average molecular weight is 241 g/mol. The zero-order valence-electron chi connectivity index (χ0n) is 10.4. The Hall–Kier alpha value is -1.30. The molecule has 0 heterocycles. The Kier molecular flexibility index (Phi) is 5.21. The van der Waals surface area contributed by atoms with Gasteiger partial charge in [0.05, 0.1) is 26.9 Å². The molecule has 0 radical (unpaired) electrons. The molecule has 0 saturated carbocycles. The van der Waals surface area contributed by atoms with Crippen molar-refractivity contribution in [1.29, 1.82) is 0 Å². The number of ether oxygens (including phenoxy) is 3. The molecule has 0 spiro atoms. The molecule has 0 saturated heterocycles. The number of aliphatic hydroxyl groups excluding tert-OH is 1. The molecule has 0 bridgehead atoms. The van der Waals surface area contributed by atoms with E-state index in [9.17, 15) is 5.11 Å². The number of nitrogens with two attached hydrogens (primary N) is 1. The minimum atomic E-state index is -0.717. The molecule has 5 heteroatoms. The maximum Gasteiger partial charge on any atom is 0.166 e. The highest BCUT2D eigenvalue weighted by atomic mass is 16.5. The van der Waals surface area contributed by atoms with Gasteiger partial charge >= 0.3 is 0 Å². The van der Waals surface area contributed by atoms with Crippen molar-refractivity contribution in [2.24, 2.45) is 5.73 Å². The van der Waals surface area contributed by atoms with Crippen LogP contribution in [0.1, 0.15) is 17.2 Å². The third kappa shape index (κ3) is 3.09. The van der Waals surface area contributed by atoms with Gasteiger partial charge in [0, 0.05) is 19.2 Å². The standard InChI is InChI=1S/C12H19NO4/c1-15-7-9-4-8(10(14)6-13)5-11(16-2)12(9)17-3/h4-5,10,14H,6-7,13H2,1-3H3. The van der Waals surface area contributed by atoms with Gasteiger partial charge in [-0.3, -0.25) is 0 Å². The summed E-state index contributed by atoms with van der Waals surface area (Å²) >= 11 is 0. The van der Waals surface area contributed by atoms with Crippen molar-refractivity contribution in [2.45, 2.75) is 12.7 Å². The fraction of sp³-hybridized carbons (Fsp3) is 0.500. The molecule has 96 valence electrons. The molecule has 0 aliphatic rings. The Morgan fingerprint density at radius 3 is 2.41 bits per heavy atom. The number of hydrogen-bond donors (Lipinski definition) is 2. The van der Waals surface area contributed by atoms with Crippen molar-refractivity contribution < 1.29 is 19.3 Å². The Labute approximate surface area is 101 Å². The van der Waals surface area contributed by atoms with E-state index in [0.717, 1.165) is 5.56 Å². The minimum absolute atomic E-state index is 0.155. The fourth-order valence-corrected chi connectivity index (χ4v) is 1.66. The molecule has 1 rings (SSSR count). The van der Waals surface area contributed by atoms with Gasteiger partial charge in [0.2, 0.25) is 0 Å². The maximum absolute atomic E-state index is 9.74. The van der Waals surface area contributed by atoms with Crippen LogP contribution >= 0.6 is 0 Å². The van der Waals surface area contributed by atoms with Crippen LogP contribution in [0, 0.1) is 0 Å². The lowest BCUT2D eigenvalue weighted by Gasteiger charge is -2.16. The number of rotatable bonds is 6. The normalized spacial score (nSPS) is 12.3. The lowest BCUT2D eigenvalue weighted by atomic mass is 10.0. The van der Waals surface area contributed by atoms with Crippen LogP contribution in [0.2, 0.25) is 0 Å². The molecule has 1 aromatic carbocycles.